The van der Waals surface area contributed by atoms with Gasteiger partial charge in [0.2, 0.25) is 17.7 Å². The number of ether oxygens (including phenoxy) is 2. The zero-order chi connectivity index (χ0) is 40.9. The van der Waals surface area contributed by atoms with Crippen LogP contribution in [0.1, 0.15) is 84.1 Å². The molecule has 2 aromatic heterocycles. The standard InChI is InChI=1S/C43H49N7O8/c1-48-19-15-27-29(23-44-24-30(27)41(48)54)26-21-35(57-2)31(36(22-26)58-3)25-49-20-16-33(49)39(52)46-18-9-7-5-4-6-8-17-45-32-12-10-11-28-38(32)43(56)50(42(28)55)34-13-14-37(51)47-40(34)53/h10-12,15,19,21-24,33-34,45H,4-9,13-14,16-18,20,25H2,1-3H3,(H,46,52)(H,47,51,53)/t33-,34?/m0/s1. The summed E-state index contributed by atoms with van der Waals surface area (Å²) in [4.78, 5) is 83.7. The van der Waals surface area contributed by atoms with Gasteiger partial charge in [0.05, 0.1) is 42.3 Å². The van der Waals surface area contributed by atoms with Crippen LogP contribution in [-0.4, -0.2) is 94.8 Å². The van der Waals surface area contributed by atoms with Gasteiger partial charge in [-0.25, -0.2) is 0 Å². The summed E-state index contributed by atoms with van der Waals surface area (Å²) in [6.07, 6.45) is 11.8. The Hall–Kier alpha value is -6.09. The molecule has 5 amide bonds. The summed E-state index contributed by atoms with van der Waals surface area (Å²) in [5, 5.41) is 9.96. The smallest absolute Gasteiger partial charge is 0.264 e. The van der Waals surface area contributed by atoms with Crippen molar-refractivity contribution in [2.24, 2.45) is 7.05 Å². The van der Waals surface area contributed by atoms with E-state index in [9.17, 15) is 28.8 Å². The maximum absolute atomic E-state index is 13.3. The van der Waals surface area contributed by atoms with E-state index in [4.69, 9.17) is 9.47 Å². The maximum Gasteiger partial charge on any atom is 0.264 e. The number of methoxy groups -OCH3 is 2. The number of aryl methyl sites for hydroxylation is 1. The highest BCUT2D eigenvalue weighted by Gasteiger charge is 2.45. The fourth-order valence-electron chi connectivity index (χ4n) is 8.09. The molecule has 0 radical (unpaired) electrons. The lowest BCUT2D eigenvalue weighted by Gasteiger charge is -2.40. The second-order valence-corrected chi connectivity index (χ2v) is 15.0. The lowest BCUT2D eigenvalue weighted by molar-refractivity contribution is -0.136. The van der Waals surface area contributed by atoms with E-state index in [1.165, 1.54) is 4.57 Å². The van der Waals surface area contributed by atoms with Crippen LogP contribution in [0.4, 0.5) is 5.69 Å². The second-order valence-electron chi connectivity index (χ2n) is 15.0. The van der Waals surface area contributed by atoms with Gasteiger partial charge in [-0.2, -0.15) is 0 Å². The monoisotopic (exact) mass is 791 g/mol. The van der Waals surface area contributed by atoms with Crippen LogP contribution >= 0.6 is 0 Å². The number of rotatable bonds is 17. The summed E-state index contributed by atoms with van der Waals surface area (Å²) in [6.45, 7) is 2.49. The number of carbonyl (C=O) groups excluding carboxylic acids is 5. The Labute approximate surface area is 336 Å². The van der Waals surface area contributed by atoms with E-state index in [0.717, 1.165) is 78.5 Å². The molecule has 7 rings (SSSR count). The minimum Gasteiger partial charge on any atom is -0.496 e. The molecule has 15 nitrogen and oxygen atoms in total. The number of hydrogen-bond acceptors (Lipinski definition) is 11. The number of anilines is 1. The number of imide groups is 2. The van der Waals surface area contributed by atoms with E-state index in [-0.39, 0.29) is 41.5 Å². The lowest BCUT2D eigenvalue weighted by Crippen LogP contribution is -2.55. The maximum atomic E-state index is 13.3. The molecule has 1 unspecified atom stereocenters. The first-order valence-electron chi connectivity index (χ1n) is 19.9. The number of carbonyl (C=O) groups is 5. The highest BCUT2D eigenvalue weighted by Crippen LogP contribution is 2.39. The molecule has 3 aliphatic heterocycles. The number of benzene rings is 2. The molecule has 2 atom stereocenters. The van der Waals surface area contributed by atoms with Gasteiger partial charge < -0.3 is 24.7 Å². The van der Waals surface area contributed by atoms with Crippen LogP contribution in [-0.2, 0) is 28.0 Å². The first-order valence-corrected chi connectivity index (χ1v) is 19.9. The van der Waals surface area contributed by atoms with Crippen molar-refractivity contribution in [2.45, 2.75) is 76.4 Å². The summed E-state index contributed by atoms with van der Waals surface area (Å²) < 4.78 is 13.2. The molecule has 2 saturated heterocycles. The summed E-state index contributed by atoms with van der Waals surface area (Å²) in [6, 6.07) is 9.59. The molecule has 4 aromatic rings. The molecule has 15 heteroatoms. The number of nitrogens with zero attached hydrogens (tertiary/aromatic N) is 4. The van der Waals surface area contributed by atoms with Gasteiger partial charge in [-0.15, -0.1) is 0 Å². The summed E-state index contributed by atoms with van der Waals surface area (Å²) >= 11 is 0. The molecular weight excluding hydrogens is 743 g/mol. The van der Waals surface area contributed by atoms with Gasteiger partial charge in [0.25, 0.3) is 17.4 Å². The number of piperidine rings is 1. The van der Waals surface area contributed by atoms with Crippen molar-refractivity contribution in [3.8, 4) is 22.6 Å². The van der Waals surface area contributed by atoms with Crippen molar-refractivity contribution < 1.29 is 33.4 Å². The van der Waals surface area contributed by atoms with Crippen LogP contribution < -0.4 is 31.0 Å². The number of likely N-dealkylation sites (tertiary alicyclic amines) is 1. The van der Waals surface area contributed by atoms with Crippen LogP contribution in [0.5, 0.6) is 11.5 Å². The molecule has 0 spiro atoms. The Morgan fingerprint density at radius 1 is 0.862 bits per heavy atom. The number of fused-ring (bicyclic) bond motifs is 2. The van der Waals surface area contributed by atoms with Crippen LogP contribution in [0.2, 0.25) is 0 Å². The topological polar surface area (TPSA) is 181 Å². The fraction of sp³-hybridized carbons (Fsp3) is 0.419. The minimum atomic E-state index is -0.995. The molecule has 0 bridgehead atoms. The largest absolute Gasteiger partial charge is 0.496 e. The Balaban J connectivity index is 0.829. The van der Waals surface area contributed by atoms with Gasteiger partial charge in [0.15, 0.2) is 0 Å². The number of aromatic nitrogens is 2. The van der Waals surface area contributed by atoms with E-state index in [1.54, 1.807) is 58.1 Å². The predicted octanol–water partition coefficient (Wildman–Crippen LogP) is 4.16. The van der Waals surface area contributed by atoms with Crippen molar-refractivity contribution in [3.63, 3.8) is 0 Å². The first kappa shape index (κ1) is 40.1. The van der Waals surface area contributed by atoms with Gasteiger partial charge >= 0.3 is 0 Å². The molecule has 2 fully saturated rings. The molecule has 2 aromatic carbocycles. The van der Waals surface area contributed by atoms with Gasteiger partial charge in [-0.1, -0.05) is 31.7 Å². The normalized spacial score (nSPS) is 17.9. The number of unbranched alkanes of at least 4 members (excludes halogenated alkanes) is 5. The fourth-order valence-corrected chi connectivity index (χ4v) is 8.09. The van der Waals surface area contributed by atoms with Gasteiger partial charge in [0.1, 0.15) is 17.5 Å². The van der Waals surface area contributed by atoms with Gasteiger partial charge in [-0.05, 0) is 67.0 Å². The zero-order valence-corrected chi connectivity index (χ0v) is 33.1. The average Bonchev–Trinajstić information content (AvgIpc) is 3.47. The number of pyridine rings is 2. The van der Waals surface area contributed by atoms with Gasteiger partial charge in [-0.3, -0.25) is 48.9 Å². The van der Waals surface area contributed by atoms with E-state index >= 15 is 0 Å². The second kappa shape index (κ2) is 17.6. The molecule has 0 aliphatic carbocycles. The van der Waals surface area contributed by atoms with E-state index in [0.29, 0.717) is 42.2 Å². The Bertz CT molecular complexity index is 2300. The minimum absolute atomic E-state index is 0.0168. The average molecular weight is 792 g/mol. The Kier molecular flexibility index (Phi) is 12.2. The van der Waals surface area contributed by atoms with E-state index in [2.05, 4.69) is 25.8 Å². The molecule has 58 heavy (non-hydrogen) atoms. The third-order valence-corrected chi connectivity index (χ3v) is 11.4. The molecule has 5 heterocycles. The molecular formula is C43H49N7O8. The highest BCUT2D eigenvalue weighted by molar-refractivity contribution is 6.25. The van der Waals surface area contributed by atoms with Crippen molar-refractivity contribution in [1.29, 1.82) is 0 Å². The quantitative estimate of drug-likeness (QED) is 0.103. The molecule has 3 N–H and O–H groups in total. The van der Waals surface area contributed by atoms with Crippen molar-refractivity contribution >= 4 is 46.0 Å². The third kappa shape index (κ3) is 8.03. The van der Waals surface area contributed by atoms with Crippen LogP contribution in [0.3, 0.4) is 0 Å². The number of hydrogen-bond donors (Lipinski definition) is 3. The van der Waals surface area contributed by atoms with Crippen LogP contribution in [0.25, 0.3) is 21.9 Å². The van der Waals surface area contributed by atoms with Crippen molar-refractivity contribution in [2.75, 3.05) is 39.2 Å². The summed E-state index contributed by atoms with van der Waals surface area (Å²) in [7, 11) is 4.93. The summed E-state index contributed by atoms with van der Waals surface area (Å²) in [5.74, 6) is -0.795. The lowest BCUT2D eigenvalue weighted by atomic mass is 9.97. The van der Waals surface area contributed by atoms with E-state index in [1.807, 2.05) is 18.2 Å². The zero-order valence-electron chi connectivity index (χ0n) is 33.1. The summed E-state index contributed by atoms with van der Waals surface area (Å²) in [5.41, 5.74) is 3.42. The Morgan fingerprint density at radius 2 is 1.59 bits per heavy atom. The van der Waals surface area contributed by atoms with Crippen molar-refractivity contribution in [3.05, 3.63) is 82.0 Å². The van der Waals surface area contributed by atoms with Gasteiger partial charge in [0, 0.05) is 69.5 Å². The Morgan fingerprint density at radius 3 is 2.28 bits per heavy atom. The van der Waals surface area contributed by atoms with E-state index < -0.39 is 29.7 Å². The van der Waals surface area contributed by atoms with Crippen molar-refractivity contribution in [1.82, 2.24) is 30.0 Å². The predicted molar refractivity (Wildman–Crippen MR) is 217 cm³/mol. The molecule has 0 saturated carbocycles. The number of amides is 5. The third-order valence-electron chi connectivity index (χ3n) is 11.4. The first-order chi connectivity index (χ1) is 28.1. The van der Waals surface area contributed by atoms with Crippen LogP contribution in [0.15, 0.2) is 59.8 Å². The highest BCUT2D eigenvalue weighted by atomic mass is 16.5. The molecule has 304 valence electrons. The SMILES string of the molecule is COc1cc(-c2cncc3c(=O)n(C)ccc23)cc(OC)c1CN1CC[C@H]1C(=O)NCCCCCCCCNc1cccc2c1C(=O)N(C1CCC(=O)NC1=O)C2=O. The number of nitrogens with one attached hydrogen (secondary N) is 3. The van der Waals surface area contributed by atoms with Crippen LogP contribution in [0, 0.1) is 0 Å². The molecule has 3 aliphatic rings.